The van der Waals surface area contributed by atoms with E-state index in [2.05, 4.69) is 25.3 Å². The Labute approximate surface area is 217 Å². The van der Waals surface area contributed by atoms with Crippen LogP contribution in [0.5, 0.6) is 0 Å². The van der Waals surface area contributed by atoms with Gasteiger partial charge in [-0.3, -0.25) is 4.72 Å². The molecular formula is C22H29F3N6O4S2. The average molecular weight is 563 g/mol. The van der Waals surface area contributed by atoms with Crippen LogP contribution in [0.1, 0.15) is 62.3 Å². The average Bonchev–Trinajstić information content (AvgIpc) is 3.30. The van der Waals surface area contributed by atoms with E-state index in [1.807, 2.05) is 27.7 Å². The summed E-state index contributed by atoms with van der Waals surface area (Å²) in [7, 11) is -5.71. The van der Waals surface area contributed by atoms with Crippen molar-refractivity contribution >= 4 is 49.5 Å². The number of nitrogens with one attached hydrogen (secondary N) is 1. The van der Waals surface area contributed by atoms with Crippen molar-refractivity contribution in [2.75, 3.05) is 22.8 Å². The van der Waals surface area contributed by atoms with Crippen LogP contribution in [-0.2, 0) is 21.2 Å². The number of hydrogen-bond acceptors (Lipinski definition) is 10. The topological polar surface area (TPSA) is 126 Å². The summed E-state index contributed by atoms with van der Waals surface area (Å²) in [6, 6.07) is 3.05. The van der Waals surface area contributed by atoms with Crippen molar-refractivity contribution in [3.8, 4) is 0 Å². The molecule has 1 aromatic heterocycles. The van der Waals surface area contributed by atoms with Gasteiger partial charge < -0.3 is 9.64 Å². The number of rotatable bonds is 10. The van der Waals surface area contributed by atoms with Crippen molar-refractivity contribution in [3.05, 3.63) is 22.7 Å². The maximum atomic E-state index is 13.2. The molecule has 1 aliphatic heterocycles. The van der Waals surface area contributed by atoms with Crippen LogP contribution in [-0.4, -0.2) is 49.3 Å². The number of carbonyl (C=O) groups is 1. The molecule has 1 N–H and O–H groups in total. The minimum absolute atomic E-state index is 0.0440. The fraction of sp³-hybridized carbons (Fsp3) is 0.591. The Morgan fingerprint density at radius 2 is 1.92 bits per heavy atom. The quantitative estimate of drug-likeness (QED) is 0.279. The van der Waals surface area contributed by atoms with E-state index in [-0.39, 0.29) is 40.1 Å². The lowest BCUT2D eigenvalue weighted by Crippen LogP contribution is -2.38. The lowest BCUT2D eigenvalue weighted by Gasteiger charge is -2.38. The van der Waals surface area contributed by atoms with Gasteiger partial charge in [-0.2, -0.15) is 21.6 Å². The molecule has 0 aliphatic carbocycles. The molecule has 15 heteroatoms. The maximum absolute atomic E-state index is 13.2. The summed E-state index contributed by atoms with van der Waals surface area (Å²) >= 11 is 0.790. The second-order valence-corrected chi connectivity index (χ2v) is 11.5. The number of fused-ring (bicyclic) bond motifs is 1. The van der Waals surface area contributed by atoms with Crippen LogP contribution in [0.3, 0.4) is 0 Å². The highest BCUT2D eigenvalue weighted by Gasteiger charge is 2.46. The van der Waals surface area contributed by atoms with Gasteiger partial charge in [0.1, 0.15) is 5.69 Å². The first-order valence-corrected chi connectivity index (χ1v) is 14.1. The summed E-state index contributed by atoms with van der Waals surface area (Å²) in [5.41, 5.74) is -4.52. The van der Waals surface area contributed by atoms with Gasteiger partial charge in [-0.25, -0.2) is 4.79 Å². The number of benzene rings is 1. The van der Waals surface area contributed by atoms with E-state index in [1.54, 1.807) is 4.72 Å². The fourth-order valence-electron chi connectivity index (χ4n) is 3.86. The number of sulfonamides is 1. The zero-order valence-corrected chi connectivity index (χ0v) is 22.5. The number of hydrogen-bond donors (Lipinski definition) is 1. The van der Waals surface area contributed by atoms with E-state index in [9.17, 15) is 26.4 Å². The Morgan fingerprint density at radius 1 is 1.22 bits per heavy atom. The highest BCUT2D eigenvalue weighted by molar-refractivity contribution is 7.93. The van der Waals surface area contributed by atoms with Crippen LogP contribution in [0.4, 0.5) is 35.4 Å². The van der Waals surface area contributed by atoms with Crippen molar-refractivity contribution in [1.82, 2.24) is 10.2 Å². The predicted molar refractivity (Wildman–Crippen MR) is 134 cm³/mol. The molecule has 0 radical (unpaired) electrons. The van der Waals surface area contributed by atoms with Gasteiger partial charge in [0, 0.05) is 18.3 Å². The Balaban J connectivity index is 1.99. The third-order valence-electron chi connectivity index (χ3n) is 5.66. The number of carbonyl (C=O) groups excluding carboxylic acids is 1. The Kier molecular flexibility index (Phi) is 9.10. The smallest absolute Gasteiger partial charge is 0.460 e. The molecule has 0 atom stereocenters. The normalized spacial score (nSPS) is 14.5. The highest BCUT2D eigenvalue weighted by Crippen LogP contribution is 2.40. The standard InChI is InChI=1S/C22H29F3N6O4S2/c1-5-15(6-2)31-9-7-8-14-10-16(17(11-18(14)31)30-37(33,34)22(23,24)25)26-28-21-29-27-19(36-21)20(32)35-12-13(3)4/h10-11,13,15,30H,5-9,12H2,1-4H3. The monoisotopic (exact) mass is 562 g/mol. The Hall–Kier alpha value is -2.81. The molecule has 1 aliphatic rings. The lowest BCUT2D eigenvalue weighted by molar-refractivity contribution is -0.0429. The van der Waals surface area contributed by atoms with E-state index < -0.39 is 21.5 Å². The van der Waals surface area contributed by atoms with Gasteiger partial charge in [0.2, 0.25) is 5.01 Å². The predicted octanol–water partition coefficient (Wildman–Crippen LogP) is 5.97. The summed E-state index contributed by atoms with van der Waals surface area (Å²) < 4.78 is 70.1. The van der Waals surface area contributed by atoms with Crippen LogP contribution in [0.25, 0.3) is 0 Å². The minimum Gasteiger partial charge on any atom is -0.460 e. The fourth-order valence-corrected chi connectivity index (χ4v) is 4.99. The number of ether oxygens (including phenoxy) is 1. The molecule has 0 saturated heterocycles. The van der Waals surface area contributed by atoms with Crippen molar-refractivity contribution in [2.24, 2.45) is 16.1 Å². The van der Waals surface area contributed by atoms with Gasteiger partial charge in [0.15, 0.2) is 0 Å². The largest absolute Gasteiger partial charge is 0.516 e. The third-order valence-corrected chi connectivity index (χ3v) is 7.55. The second-order valence-electron chi connectivity index (χ2n) is 8.90. The van der Waals surface area contributed by atoms with Crippen LogP contribution in [0.2, 0.25) is 0 Å². The number of nitrogens with zero attached hydrogens (tertiary/aromatic N) is 5. The van der Waals surface area contributed by atoms with Gasteiger partial charge in [-0.15, -0.1) is 20.4 Å². The number of halogens is 3. The number of alkyl halides is 3. The zero-order chi connectivity index (χ0) is 27.4. The Morgan fingerprint density at radius 3 is 2.54 bits per heavy atom. The molecule has 204 valence electrons. The molecule has 0 saturated carbocycles. The van der Waals surface area contributed by atoms with E-state index >= 15 is 0 Å². The number of aryl methyl sites for hydroxylation is 1. The molecule has 37 heavy (non-hydrogen) atoms. The summed E-state index contributed by atoms with van der Waals surface area (Å²) in [4.78, 5) is 14.2. The van der Waals surface area contributed by atoms with Gasteiger partial charge in [0.05, 0.1) is 12.3 Å². The summed E-state index contributed by atoms with van der Waals surface area (Å²) in [5.74, 6) is -0.554. The Bertz CT molecular complexity index is 1240. The van der Waals surface area contributed by atoms with Gasteiger partial charge in [-0.05, 0) is 49.3 Å². The molecule has 2 heterocycles. The van der Waals surface area contributed by atoms with E-state index in [0.717, 1.165) is 36.2 Å². The molecule has 0 spiro atoms. The van der Waals surface area contributed by atoms with E-state index in [1.165, 1.54) is 12.1 Å². The van der Waals surface area contributed by atoms with Gasteiger partial charge in [0.25, 0.3) is 5.13 Å². The molecule has 10 nitrogen and oxygen atoms in total. The van der Waals surface area contributed by atoms with E-state index in [0.29, 0.717) is 18.7 Å². The molecule has 0 bridgehead atoms. The summed E-state index contributed by atoms with van der Waals surface area (Å²) in [6.45, 7) is 8.69. The van der Waals surface area contributed by atoms with Crippen LogP contribution >= 0.6 is 11.3 Å². The molecule has 0 amide bonds. The van der Waals surface area contributed by atoms with Gasteiger partial charge in [-0.1, -0.05) is 39.0 Å². The SMILES string of the molecule is CCC(CC)N1CCCc2cc(N=Nc3nnc(C(=O)OCC(C)C)s3)c(NS(=O)(=O)C(F)(F)F)cc21. The number of anilines is 2. The van der Waals surface area contributed by atoms with Crippen LogP contribution < -0.4 is 9.62 Å². The van der Waals surface area contributed by atoms with Crippen LogP contribution in [0.15, 0.2) is 22.4 Å². The first kappa shape index (κ1) is 28.8. The first-order valence-electron chi connectivity index (χ1n) is 11.8. The van der Waals surface area contributed by atoms with Gasteiger partial charge >= 0.3 is 21.5 Å². The zero-order valence-electron chi connectivity index (χ0n) is 20.9. The molecule has 3 rings (SSSR count). The molecule has 0 fully saturated rings. The summed E-state index contributed by atoms with van der Waals surface area (Å²) in [5, 5.41) is 15.2. The maximum Gasteiger partial charge on any atom is 0.516 e. The summed E-state index contributed by atoms with van der Waals surface area (Å²) in [6.07, 6.45) is 3.11. The lowest BCUT2D eigenvalue weighted by atomic mass is 9.97. The number of azo groups is 1. The van der Waals surface area contributed by atoms with Crippen molar-refractivity contribution < 1.29 is 31.1 Å². The van der Waals surface area contributed by atoms with E-state index in [4.69, 9.17) is 4.74 Å². The molecule has 0 unspecified atom stereocenters. The third kappa shape index (κ3) is 6.94. The van der Waals surface area contributed by atoms with Crippen LogP contribution in [0, 0.1) is 5.92 Å². The first-order chi connectivity index (χ1) is 17.4. The minimum atomic E-state index is -5.71. The number of aromatic nitrogens is 2. The molecule has 2 aromatic rings. The molecular weight excluding hydrogens is 533 g/mol. The second kappa shape index (κ2) is 11.7. The van der Waals surface area contributed by atoms with Crippen molar-refractivity contribution in [3.63, 3.8) is 0 Å². The van der Waals surface area contributed by atoms with Crippen molar-refractivity contribution in [1.29, 1.82) is 0 Å². The van der Waals surface area contributed by atoms with Crippen molar-refractivity contribution in [2.45, 2.75) is 64.9 Å². The molecule has 1 aromatic carbocycles. The number of esters is 1. The highest BCUT2D eigenvalue weighted by atomic mass is 32.2.